The maximum atomic E-state index is 16.3. The number of carbonyl (C=O) groups is 2. The Morgan fingerprint density at radius 2 is 0.845 bits per heavy atom. The molecule has 2 amide bonds. The summed E-state index contributed by atoms with van der Waals surface area (Å²) in [5, 5.41) is 27.9. The standard InChI is InChI=1S/C48H62N2O8/c1-32(2)30-42(47(53,34-12-20-38(55-5)21-13-34)35-14-22-39(56-6)23-15-35)50(45(52)46(44(49)51)28-10-9-11-29-46)43(31-33(3)4)48(54,36-16-24-40(57-7)25-17-36)37-18-26-41(58-8)27-19-37/h12-27,32-33,42-43,53-54H,9-11,28-31H2,1-8H3,(H2,49,51)/t42-,43-/m1/s1. The third-order valence-corrected chi connectivity index (χ3v) is 12.0. The highest BCUT2D eigenvalue weighted by molar-refractivity contribution is 6.05. The molecule has 10 heteroatoms. The number of benzene rings is 4. The minimum absolute atomic E-state index is 0.0750. The predicted molar refractivity (Wildman–Crippen MR) is 226 cm³/mol. The van der Waals surface area contributed by atoms with E-state index in [-0.39, 0.29) is 37.5 Å². The average Bonchev–Trinajstić information content (AvgIpc) is 3.25. The minimum Gasteiger partial charge on any atom is -0.497 e. The van der Waals surface area contributed by atoms with Gasteiger partial charge in [-0.2, -0.15) is 0 Å². The third kappa shape index (κ3) is 8.69. The van der Waals surface area contributed by atoms with Crippen LogP contribution in [0.2, 0.25) is 0 Å². The Morgan fingerprint density at radius 1 is 0.569 bits per heavy atom. The van der Waals surface area contributed by atoms with Gasteiger partial charge in [0, 0.05) is 0 Å². The molecule has 0 aromatic heterocycles. The molecule has 312 valence electrons. The second kappa shape index (κ2) is 18.7. The molecule has 0 bridgehead atoms. The Kier molecular flexibility index (Phi) is 14.2. The summed E-state index contributed by atoms with van der Waals surface area (Å²) >= 11 is 0. The number of nitrogens with zero attached hydrogens (tertiary/aromatic N) is 1. The van der Waals surface area contributed by atoms with Crippen LogP contribution in [0.4, 0.5) is 0 Å². The predicted octanol–water partition coefficient (Wildman–Crippen LogP) is 7.99. The van der Waals surface area contributed by atoms with Crippen molar-refractivity contribution >= 4 is 11.8 Å². The van der Waals surface area contributed by atoms with Crippen LogP contribution < -0.4 is 24.7 Å². The maximum Gasteiger partial charge on any atom is 0.239 e. The van der Waals surface area contributed by atoms with E-state index in [1.807, 2.05) is 27.7 Å². The van der Waals surface area contributed by atoms with E-state index in [0.29, 0.717) is 58.1 Å². The van der Waals surface area contributed by atoms with Crippen molar-refractivity contribution in [2.75, 3.05) is 28.4 Å². The lowest BCUT2D eigenvalue weighted by atomic mass is 9.68. The zero-order chi connectivity index (χ0) is 42.3. The van der Waals surface area contributed by atoms with Crippen molar-refractivity contribution in [3.63, 3.8) is 0 Å². The number of primary amides is 1. The zero-order valence-corrected chi connectivity index (χ0v) is 35.4. The maximum absolute atomic E-state index is 16.3. The Labute approximate surface area is 344 Å². The molecule has 0 radical (unpaired) electrons. The van der Waals surface area contributed by atoms with Crippen LogP contribution in [0.1, 0.15) is 94.9 Å². The molecule has 4 N–H and O–H groups in total. The fourth-order valence-corrected chi connectivity index (χ4v) is 8.82. The topological polar surface area (TPSA) is 141 Å². The quantitative estimate of drug-likeness (QED) is 0.0862. The van der Waals surface area contributed by atoms with Crippen molar-refractivity contribution in [1.29, 1.82) is 0 Å². The van der Waals surface area contributed by atoms with Gasteiger partial charge in [0.05, 0.1) is 40.5 Å². The molecule has 5 rings (SSSR count). The van der Waals surface area contributed by atoms with Crippen molar-refractivity contribution in [2.24, 2.45) is 23.0 Å². The van der Waals surface area contributed by atoms with Crippen LogP contribution in [0.25, 0.3) is 0 Å². The highest BCUT2D eigenvalue weighted by Gasteiger charge is 2.58. The summed E-state index contributed by atoms with van der Waals surface area (Å²) in [5.74, 6) is 1.01. The third-order valence-electron chi connectivity index (χ3n) is 12.0. The fourth-order valence-electron chi connectivity index (χ4n) is 8.82. The Balaban J connectivity index is 1.95. The van der Waals surface area contributed by atoms with Crippen LogP contribution in [-0.4, -0.2) is 67.5 Å². The smallest absolute Gasteiger partial charge is 0.239 e. The van der Waals surface area contributed by atoms with Crippen molar-refractivity contribution in [1.82, 2.24) is 4.90 Å². The van der Waals surface area contributed by atoms with Gasteiger partial charge in [-0.25, -0.2) is 0 Å². The molecular weight excluding hydrogens is 733 g/mol. The van der Waals surface area contributed by atoms with Gasteiger partial charge in [0.15, 0.2) is 0 Å². The van der Waals surface area contributed by atoms with E-state index in [1.165, 1.54) is 0 Å². The molecule has 2 atom stereocenters. The Hall–Kier alpha value is -5.06. The largest absolute Gasteiger partial charge is 0.497 e. The number of methoxy groups -OCH3 is 4. The lowest BCUT2D eigenvalue weighted by Crippen LogP contribution is -2.67. The molecule has 1 fully saturated rings. The van der Waals surface area contributed by atoms with E-state index >= 15 is 4.79 Å². The monoisotopic (exact) mass is 794 g/mol. The molecule has 4 aromatic rings. The van der Waals surface area contributed by atoms with Crippen molar-refractivity contribution in [2.45, 2.75) is 95.9 Å². The van der Waals surface area contributed by atoms with E-state index in [9.17, 15) is 15.0 Å². The number of rotatable bonds is 18. The Morgan fingerprint density at radius 3 is 1.07 bits per heavy atom. The van der Waals surface area contributed by atoms with Gasteiger partial charge in [-0.15, -0.1) is 0 Å². The number of aliphatic hydroxyl groups is 2. The molecule has 1 aliphatic carbocycles. The normalized spacial score (nSPS) is 15.4. The fraction of sp³-hybridized carbons (Fsp3) is 0.458. The van der Waals surface area contributed by atoms with Gasteiger partial charge < -0.3 is 39.8 Å². The molecule has 58 heavy (non-hydrogen) atoms. The Bertz CT molecular complexity index is 1720. The highest BCUT2D eigenvalue weighted by Crippen LogP contribution is 2.49. The van der Waals surface area contributed by atoms with Crippen molar-refractivity contribution in [3.8, 4) is 23.0 Å². The van der Waals surface area contributed by atoms with Crippen molar-refractivity contribution in [3.05, 3.63) is 119 Å². The van der Waals surface area contributed by atoms with Crippen LogP contribution in [0.15, 0.2) is 97.1 Å². The van der Waals surface area contributed by atoms with Gasteiger partial charge >= 0.3 is 0 Å². The van der Waals surface area contributed by atoms with Crippen LogP contribution in [0.3, 0.4) is 0 Å². The first kappa shape index (κ1) is 44.1. The van der Waals surface area contributed by atoms with Crippen LogP contribution >= 0.6 is 0 Å². The summed E-state index contributed by atoms with van der Waals surface area (Å²) in [7, 11) is 6.32. The van der Waals surface area contributed by atoms with E-state index in [4.69, 9.17) is 24.7 Å². The average molecular weight is 795 g/mol. The SMILES string of the molecule is COc1ccc(C(O)(c2ccc(OC)cc2)[C@@H](CC(C)C)N(C(=O)C2(C(N)=O)CCCCC2)[C@H](CC(C)C)C(O)(c2ccc(OC)cc2)c2ccc(OC)cc2)cc1. The second-order valence-corrected chi connectivity index (χ2v) is 16.5. The summed E-state index contributed by atoms with van der Waals surface area (Å²) < 4.78 is 22.2. The van der Waals surface area contributed by atoms with E-state index in [2.05, 4.69) is 0 Å². The lowest BCUT2D eigenvalue weighted by molar-refractivity contribution is -0.171. The van der Waals surface area contributed by atoms with E-state index in [0.717, 1.165) is 6.42 Å². The number of amides is 2. The van der Waals surface area contributed by atoms with Gasteiger partial charge in [0.25, 0.3) is 0 Å². The first-order chi connectivity index (χ1) is 27.7. The first-order valence-corrected chi connectivity index (χ1v) is 20.3. The second-order valence-electron chi connectivity index (χ2n) is 16.5. The van der Waals surface area contributed by atoms with Crippen LogP contribution in [0.5, 0.6) is 23.0 Å². The summed E-state index contributed by atoms with van der Waals surface area (Å²) in [4.78, 5) is 31.9. The lowest BCUT2D eigenvalue weighted by Gasteiger charge is -2.54. The van der Waals surface area contributed by atoms with Crippen molar-refractivity contribution < 1.29 is 38.7 Å². The molecule has 1 aliphatic rings. The number of hydrogen-bond acceptors (Lipinski definition) is 8. The summed E-state index contributed by atoms with van der Waals surface area (Å²) in [6.45, 7) is 8.16. The molecule has 0 unspecified atom stereocenters. The number of carbonyl (C=O) groups excluding carboxylic acids is 2. The summed E-state index contributed by atoms with van der Waals surface area (Å²) in [5.41, 5.74) is 2.98. The molecule has 4 aromatic carbocycles. The van der Waals surface area contributed by atoms with Crippen LogP contribution in [0, 0.1) is 17.3 Å². The van der Waals surface area contributed by atoms with Gasteiger partial charge in [0.2, 0.25) is 11.8 Å². The molecule has 0 spiro atoms. The molecule has 0 saturated heterocycles. The summed E-state index contributed by atoms with van der Waals surface area (Å²) in [6.07, 6.45) is 3.21. The minimum atomic E-state index is -1.90. The van der Waals surface area contributed by atoms with Gasteiger partial charge in [-0.1, -0.05) is 95.5 Å². The highest BCUT2D eigenvalue weighted by atomic mass is 16.5. The number of ether oxygens (including phenoxy) is 4. The molecule has 0 aliphatic heterocycles. The molecular formula is C48H62N2O8. The van der Waals surface area contributed by atoms with Gasteiger partial charge in [-0.05, 0) is 108 Å². The number of nitrogens with two attached hydrogens (primary N) is 1. The van der Waals surface area contributed by atoms with Gasteiger partial charge in [-0.3, -0.25) is 9.59 Å². The first-order valence-electron chi connectivity index (χ1n) is 20.3. The molecule has 1 saturated carbocycles. The number of hydrogen-bond donors (Lipinski definition) is 3. The van der Waals surface area contributed by atoms with Gasteiger partial charge in [0.1, 0.15) is 39.6 Å². The molecule has 0 heterocycles. The van der Waals surface area contributed by atoms with Crippen LogP contribution in [-0.2, 0) is 20.8 Å². The van der Waals surface area contributed by atoms with E-state index < -0.39 is 40.5 Å². The van der Waals surface area contributed by atoms with E-state index in [1.54, 1.807) is 130 Å². The molecule has 10 nitrogen and oxygen atoms in total. The summed E-state index contributed by atoms with van der Waals surface area (Å²) in [6, 6.07) is 26.6. The zero-order valence-electron chi connectivity index (χ0n) is 35.4.